The Hall–Kier alpha value is -3.14. The molecule has 0 aliphatic carbocycles. The van der Waals surface area contributed by atoms with E-state index >= 15 is 0 Å². The normalized spacial score (nSPS) is 15.2. The van der Waals surface area contributed by atoms with Gasteiger partial charge in [-0.1, -0.05) is 56.3 Å². The zero-order valence-corrected chi connectivity index (χ0v) is 20.6. The molecular weight excluding hydrogens is 408 g/mol. The van der Waals surface area contributed by atoms with Gasteiger partial charge in [0.1, 0.15) is 6.42 Å². The van der Waals surface area contributed by atoms with Crippen molar-refractivity contribution in [2.24, 2.45) is 0 Å². The number of carboxylic acids is 1. The molecule has 33 heavy (non-hydrogen) atoms. The van der Waals surface area contributed by atoms with Crippen LogP contribution in [0, 0.1) is 0 Å². The quantitative estimate of drug-likeness (QED) is 0.336. The molecule has 1 heterocycles. The summed E-state index contributed by atoms with van der Waals surface area (Å²) in [5.41, 5.74) is 7.18. The van der Waals surface area contributed by atoms with Crippen molar-refractivity contribution < 1.29 is 14.5 Å². The number of fused-ring (bicyclic) bond motifs is 1. The number of anilines is 1. The largest absolute Gasteiger partial charge is 0.481 e. The Kier molecular flexibility index (Phi) is 7.91. The van der Waals surface area contributed by atoms with Crippen molar-refractivity contribution in [2.75, 3.05) is 18.0 Å². The molecule has 0 unspecified atom stereocenters. The number of rotatable bonds is 10. The molecule has 0 bridgehead atoms. The van der Waals surface area contributed by atoms with Crippen molar-refractivity contribution >= 4 is 23.1 Å². The molecular formula is C29H37N2O2+. The molecule has 1 aliphatic rings. The Labute approximate surface area is 198 Å². The van der Waals surface area contributed by atoms with E-state index in [1.54, 1.807) is 0 Å². The highest BCUT2D eigenvalue weighted by molar-refractivity contribution is 6.03. The van der Waals surface area contributed by atoms with Crippen molar-refractivity contribution in [1.82, 2.24) is 0 Å². The van der Waals surface area contributed by atoms with Crippen molar-refractivity contribution in [3.8, 4) is 0 Å². The summed E-state index contributed by atoms with van der Waals surface area (Å²) in [5, 5.41) is 9.29. The van der Waals surface area contributed by atoms with Gasteiger partial charge in [0.15, 0.2) is 12.3 Å². The van der Waals surface area contributed by atoms with Gasteiger partial charge in [0, 0.05) is 35.6 Å². The first-order valence-electron chi connectivity index (χ1n) is 12.0. The molecule has 3 rings (SSSR count). The van der Waals surface area contributed by atoms with Crippen LogP contribution in [-0.4, -0.2) is 34.5 Å². The maximum atomic E-state index is 11.3. The monoisotopic (exact) mass is 445 g/mol. The molecule has 2 aromatic carbocycles. The molecule has 174 valence electrons. The average molecular weight is 446 g/mol. The van der Waals surface area contributed by atoms with Gasteiger partial charge in [-0.25, -0.2) is 0 Å². The van der Waals surface area contributed by atoms with E-state index in [0.717, 1.165) is 30.8 Å². The topological polar surface area (TPSA) is 43.6 Å². The summed E-state index contributed by atoms with van der Waals surface area (Å²) >= 11 is 0. The number of aliphatic carboxylic acids is 1. The molecule has 1 N–H and O–H groups in total. The molecule has 0 spiro atoms. The Morgan fingerprint density at radius 1 is 1.06 bits per heavy atom. The van der Waals surface area contributed by atoms with Gasteiger partial charge in [-0.3, -0.25) is 4.79 Å². The SMILES string of the molecule is CC/C(=C\C=C\C1=[N+](CCC(=O)O)c2ccccc2C1(C)C)N(CC)c1ccccc1CC. The summed E-state index contributed by atoms with van der Waals surface area (Å²) in [6, 6.07) is 16.9. The number of nitrogens with zero attached hydrogens (tertiary/aromatic N) is 2. The standard InChI is InChI=1S/C29H36N2O2/c1-6-22-14-9-11-17-25(22)30(8-3)23(7-2)15-13-19-27-29(4,5)24-16-10-12-18-26(24)31(27)21-20-28(32)33/h9-19H,6-8,20-21H2,1-5H3/p+1. The van der Waals surface area contributed by atoms with E-state index in [4.69, 9.17) is 0 Å². The van der Waals surface area contributed by atoms with Crippen LogP contribution in [-0.2, 0) is 16.6 Å². The highest BCUT2D eigenvalue weighted by Crippen LogP contribution is 2.39. The highest BCUT2D eigenvalue weighted by atomic mass is 16.4. The van der Waals surface area contributed by atoms with Crippen molar-refractivity contribution in [1.29, 1.82) is 0 Å². The lowest BCUT2D eigenvalue weighted by Gasteiger charge is -2.27. The van der Waals surface area contributed by atoms with Crippen LogP contribution >= 0.6 is 0 Å². The first-order valence-corrected chi connectivity index (χ1v) is 12.0. The number of carbonyl (C=O) groups is 1. The second-order valence-corrected chi connectivity index (χ2v) is 8.92. The van der Waals surface area contributed by atoms with E-state index in [-0.39, 0.29) is 11.8 Å². The fourth-order valence-electron chi connectivity index (χ4n) is 4.84. The number of benzene rings is 2. The Bertz CT molecular complexity index is 1090. The van der Waals surface area contributed by atoms with Gasteiger partial charge in [-0.2, -0.15) is 4.58 Å². The van der Waals surface area contributed by atoms with E-state index in [1.165, 1.54) is 22.5 Å². The van der Waals surface area contributed by atoms with Crippen LogP contribution in [0.2, 0.25) is 0 Å². The summed E-state index contributed by atoms with van der Waals surface area (Å²) in [6.45, 7) is 12.4. The molecule has 0 saturated carbocycles. The maximum absolute atomic E-state index is 11.3. The van der Waals surface area contributed by atoms with Crippen LogP contribution in [0.1, 0.15) is 58.6 Å². The van der Waals surface area contributed by atoms with Crippen LogP contribution in [0.25, 0.3) is 0 Å². The van der Waals surface area contributed by atoms with Crippen molar-refractivity contribution in [3.63, 3.8) is 0 Å². The van der Waals surface area contributed by atoms with E-state index in [1.807, 2.05) is 6.07 Å². The fraction of sp³-hybridized carbons (Fsp3) is 0.379. The fourth-order valence-corrected chi connectivity index (χ4v) is 4.84. The summed E-state index contributed by atoms with van der Waals surface area (Å²) in [4.78, 5) is 13.7. The van der Waals surface area contributed by atoms with Crippen LogP contribution < -0.4 is 4.90 Å². The Balaban J connectivity index is 1.99. The number of carboxylic acid groups (broad SMARTS) is 1. The lowest BCUT2D eigenvalue weighted by Crippen LogP contribution is -2.28. The lowest BCUT2D eigenvalue weighted by molar-refractivity contribution is -0.436. The van der Waals surface area contributed by atoms with Crippen molar-refractivity contribution in [2.45, 2.75) is 59.3 Å². The Morgan fingerprint density at radius 2 is 1.76 bits per heavy atom. The van der Waals surface area contributed by atoms with Crippen LogP contribution in [0.5, 0.6) is 0 Å². The average Bonchev–Trinajstić information content (AvgIpc) is 3.03. The minimum Gasteiger partial charge on any atom is -0.481 e. The summed E-state index contributed by atoms with van der Waals surface area (Å²) < 4.78 is 2.17. The van der Waals surface area contributed by atoms with Gasteiger partial charge in [-0.05, 0) is 51.3 Å². The molecule has 0 radical (unpaired) electrons. The van der Waals surface area contributed by atoms with E-state index in [0.29, 0.717) is 6.54 Å². The third-order valence-corrected chi connectivity index (χ3v) is 6.58. The second kappa shape index (κ2) is 10.7. The predicted octanol–water partition coefficient (Wildman–Crippen LogP) is 6.48. The minimum absolute atomic E-state index is 0.106. The summed E-state index contributed by atoms with van der Waals surface area (Å²) in [6.07, 6.45) is 8.54. The van der Waals surface area contributed by atoms with E-state index < -0.39 is 5.97 Å². The number of para-hydroxylation sites is 2. The van der Waals surface area contributed by atoms with Crippen molar-refractivity contribution in [3.05, 3.63) is 83.6 Å². The maximum Gasteiger partial charge on any atom is 0.309 e. The smallest absolute Gasteiger partial charge is 0.309 e. The van der Waals surface area contributed by atoms with E-state index in [9.17, 15) is 9.90 Å². The molecule has 0 saturated heterocycles. The number of hydrogen-bond acceptors (Lipinski definition) is 2. The molecule has 4 heteroatoms. The van der Waals surface area contributed by atoms with Gasteiger partial charge < -0.3 is 10.0 Å². The van der Waals surface area contributed by atoms with E-state index in [2.05, 4.69) is 105 Å². The third-order valence-electron chi connectivity index (χ3n) is 6.58. The number of aryl methyl sites for hydroxylation is 1. The van der Waals surface area contributed by atoms with Crippen LogP contribution in [0.15, 0.2) is 72.5 Å². The summed E-state index contributed by atoms with van der Waals surface area (Å²) in [7, 11) is 0. The minimum atomic E-state index is -0.776. The molecule has 0 amide bonds. The van der Waals surface area contributed by atoms with Crippen LogP contribution in [0.3, 0.4) is 0 Å². The molecule has 0 atom stereocenters. The predicted molar refractivity (Wildman–Crippen MR) is 138 cm³/mol. The van der Waals surface area contributed by atoms with Gasteiger partial charge in [0.2, 0.25) is 5.69 Å². The Morgan fingerprint density at radius 3 is 2.42 bits per heavy atom. The lowest BCUT2D eigenvalue weighted by atomic mass is 9.81. The highest BCUT2D eigenvalue weighted by Gasteiger charge is 2.43. The van der Waals surface area contributed by atoms with Gasteiger partial charge >= 0.3 is 5.97 Å². The first-order chi connectivity index (χ1) is 15.8. The number of hydrogen-bond donors (Lipinski definition) is 1. The van der Waals surface area contributed by atoms with Gasteiger partial charge in [0.25, 0.3) is 0 Å². The zero-order chi connectivity index (χ0) is 24.0. The van der Waals surface area contributed by atoms with Crippen LogP contribution in [0.4, 0.5) is 11.4 Å². The molecule has 1 aliphatic heterocycles. The second-order valence-electron chi connectivity index (χ2n) is 8.92. The first kappa shape index (κ1) is 24.5. The summed E-state index contributed by atoms with van der Waals surface area (Å²) in [5.74, 6) is -0.776. The molecule has 4 nitrogen and oxygen atoms in total. The van der Waals surface area contributed by atoms with Gasteiger partial charge in [0.05, 0.1) is 5.41 Å². The molecule has 0 aromatic heterocycles. The van der Waals surface area contributed by atoms with Gasteiger partial charge in [-0.15, -0.1) is 0 Å². The molecule has 0 fully saturated rings. The third kappa shape index (κ3) is 5.11. The molecule has 2 aromatic rings. The zero-order valence-electron chi connectivity index (χ0n) is 20.6. The number of allylic oxidation sites excluding steroid dienone is 4.